The molecule has 28 heavy (non-hydrogen) atoms. The van der Waals surface area contributed by atoms with Crippen LogP contribution >= 0.6 is 11.8 Å². The predicted octanol–water partition coefficient (Wildman–Crippen LogP) is 1.95. The van der Waals surface area contributed by atoms with E-state index in [-0.39, 0.29) is 6.61 Å². The van der Waals surface area contributed by atoms with Crippen molar-refractivity contribution in [2.45, 2.75) is 55.5 Å². The smallest absolute Gasteiger partial charge is 0.303 e. The SMILES string of the molecule is CO[C@@H]1[C@@H](OC(C)=O)[C@@H](Sc2ccccc2)O[C@H](COC(C)=O)[C@H]1OC(C)=O. The zero-order chi connectivity index (χ0) is 20.7. The van der Waals surface area contributed by atoms with Gasteiger partial charge in [-0.1, -0.05) is 30.0 Å². The van der Waals surface area contributed by atoms with Crippen LogP contribution in [-0.4, -0.2) is 61.5 Å². The highest BCUT2D eigenvalue weighted by molar-refractivity contribution is 7.99. The second-order valence-corrected chi connectivity index (χ2v) is 7.30. The Morgan fingerprint density at radius 3 is 2.07 bits per heavy atom. The van der Waals surface area contributed by atoms with Crippen molar-refractivity contribution in [3.63, 3.8) is 0 Å². The van der Waals surface area contributed by atoms with Crippen LogP contribution in [0.15, 0.2) is 35.2 Å². The third-order valence-electron chi connectivity index (χ3n) is 3.91. The fourth-order valence-corrected chi connectivity index (χ4v) is 3.98. The number of thioether (sulfide) groups is 1. The molecule has 154 valence electrons. The third-order valence-corrected chi connectivity index (χ3v) is 5.07. The molecule has 0 radical (unpaired) electrons. The summed E-state index contributed by atoms with van der Waals surface area (Å²) in [7, 11) is 1.43. The lowest BCUT2D eigenvalue weighted by Gasteiger charge is -2.44. The van der Waals surface area contributed by atoms with Crippen LogP contribution in [-0.2, 0) is 38.1 Å². The Morgan fingerprint density at radius 2 is 1.54 bits per heavy atom. The number of benzene rings is 1. The van der Waals surface area contributed by atoms with E-state index in [1.165, 1.54) is 39.6 Å². The van der Waals surface area contributed by atoms with Gasteiger partial charge in [-0.25, -0.2) is 0 Å². The zero-order valence-electron chi connectivity index (χ0n) is 16.2. The monoisotopic (exact) mass is 412 g/mol. The van der Waals surface area contributed by atoms with Crippen molar-refractivity contribution in [2.75, 3.05) is 13.7 Å². The second kappa shape index (κ2) is 10.4. The molecule has 1 heterocycles. The molecule has 1 aliphatic heterocycles. The van der Waals surface area contributed by atoms with Crippen LogP contribution in [0.2, 0.25) is 0 Å². The van der Waals surface area contributed by atoms with Crippen molar-refractivity contribution in [2.24, 2.45) is 0 Å². The predicted molar refractivity (Wildman–Crippen MR) is 99.5 cm³/mol. The lowest BCUT2D eigenvalue weighted by atomic mass is 9.99. The van der Waals surface area contributed by atoms with Crippen LogP contribution in [0.5, 0.6) is 0 Å². The number of hydrogen-bond donors (Lipinski definition) is 0. The Bertz CT molecular complexity index is 680. The number of carbonyl (C=O) groups is 3. The summed E-state index contributed by atoms with van der Waals surface area (Å²) in [6.07, 6.45) is -3.35. The van der Waals surface area contributed by atoms with Crippen LogP contribution in [0.1, 0.15) is 20.8 Å². The Balaban J connectivity index is 2.33. The first-order valence-corrected chi connectivity index (χ1v) is 9.57. The van der Waals surface area contributed by atoms with E-state index in [1.54, 1.807) is 0 Å². The molecule has 1 aromatic rings. The lowest BCUT2D eigenvalue weighted by molar-refractivity contribution is -0.234. The summed E-state index contributed by atoms with van der Waals surface area (Å²) in [6.45, 7) is 3.67. The molecule has 1 aromatic carbocycles. The van der Waals surface area contributed by atoms with E-state index < -0.39 is 47.8 Å². The maximum Gasteiger partial charge on any atom is 0.303 e. The molecule has 0 bridgehead atoms. The molecule has 2 rings (SSSR count). The summed E-state index contributed by atoms with van der Waals surface area (Å²) < 4.78 is 27.5. The summed E-state index contributed by atoms with van der Waals surface area (Å²) in [4.78, 5) is 35.4. The van der Waals surface area contributed by atoms with E-state index in [9.17, 15) is 14.4 Å². The molecule has 0 aromatic heterocycles. The standard InChI is InChI=1S/C19H24O8S/c1-11(20)24-10-15-16(25-12(2)21)17(23-4)18(26-13(3)22)19(27-15)28-14-8-6-5-7-9-14/h5-9,15-19H,10H2,1-4H3/t15-,16-,17+,18-,19-/m1/s1. The molecule has 0 saturated carbocycles. The molecule has 0 spiro atoms. The first-order valence-electron chi connectivity index (χ1n) is 8.69. The molecule has 8 nitrogen and oxygen atoms in total. The van der Waals surface area contributed by atoms with Gasteiger partial charge < -0.3 is 23.7 Å². The van der Waals surface area contributed by atoms with E-state index in [0.717, 1.165) is 4.90 Å². The first-order chi connectivity index (χ1) is 13.3. The van der Waals surface area contributed by atoms with Gasteiger partial charge in [-0.05, 0) is 12.1 Å². The van der Waals surface area contributed by atoms with E-state index in [1.807, 2.05) is 30.3 Å². The minimum atomic E-state index is -0.918. The maximum atomic E-state index is 11.7. The molecular weight excluding hydrogens is 388 g/mol. The van der Waals surface area contributed by atoms with Crippen molar-refractivity contribution in [1.82, 2.24) is 0 Å². The molecule has 0 N–H and O–H groups in total. The minimum absolute atomic E-state index is 0.133. The van der Waals surface area contributed by atoms with Crippen LogP contribution in [0.4, 0.5) is 0 Å². The molecule has 1 saturated heterocycles. The Hall–Kier alpha value is -2.10. The first kappa shape index (κ1) is 22.2. The molecule has 1 fully saturated rings. The van der Waals surface area contributed by atoms with Gasteiger partial charge >= 0.3 is 17.9 Å². The van der Waals surface area contributed by atoms with E-state index in [0.29, 0.717) is 0 Å². The average molecular weight is 412 g/mol. The third kappa shape index (κ3) is 6.22. The fourth-order valence-electron chi connectivity index (χ4n) is 2.86. The Kier molecular flexibility index (Phi) is 8.28. The molecule has 0 unspecified atom stereocenters. The van der Waals surface area contributed by atoms with Gasteiger partial charge in [0.25, 0.3) is 0 Å². The normalized spacial score (nSPS) is 26.9. The molecule has 0 amide bonds. The highest BCUT2D eigenvalue weighted by Crippen LogP contribution is 2.37. The van der Waals surface area contributed by atoms with Crippen molar-refractivity contribution in [1.29, 1.82) is 0 Å². The van der Waals surface area contributed by atoms with Crippen molar-refractivity contribution < 1.29 is 38.1 Å². The number of ether oxygens (including phenoxy) is 5. The topological polar surface area (TPSA) is 97.4 Å². The summed E-state index contributed by atoms with van der Waals surface area (Å²) in [5, 5.41) is 0. The van der Waals surface area contributed by atoms with Gasteiger partial charge in [0.15, 0.2) is 12.2 Å². The Morgan fingerprint density at radius 1 is 0.929 bits per heavy atom. The number of hydrogen-bond acceptors (Lipinski definition) is 9. The molecule has 5 atom stereocenters. The number of carbonyl (C=O) groups excluding carboxylic acids is 3. The molecule has 0 aliphatic carbocycles. The summed E-state index contributed by atoms with van der Waals surface area (Å²) >= 11 is 1.33. The van der Waals surface area contributed by atoms with Crippen LogP contribution in [0.25, 0.3) is 0 Å². The maximum absolute atomic E-state index is 11.7. The van der Waals surface area contributed by atoms with Crippen molar-refractivity contribution >= 4 is 29.7 Å². The van der Waals surface area contributed by atoms with Gasteiger partial charge in [0.1, 0.15) is 24.3 Å². The van der Waals surface area contributed by atoms with E-state index >= 15 is 0 Å². The number of rotatable bonds is 7. The molecular formula is C19H24O8S. The van der Waals surface area contributed by atoms with Gasteiger partial charge in [-0.15, -0.1) is 0 Å². The quantitative estimate of drug-likeness (QED) is 0.491. The van der Waals surface area contributed by atoms with Gasteiger partial charge in [-0.2, -0.15) is 0 Å². The largest absolute Gasteiger partial charge is 0.463 e. The summed E-state index contributed by atoms with van der Waals surface area (Å²) in [5.74, 6) is -1.57. The molecule has 9 heteroatoms. The fraction of sp³-hybridized carbons (Fsp3) is 0.526. The highest BCUT2D eigenvalue weighted by Gasteiger charge is 2.50. The van der Waals surface area contributed by atoms with Crippen LogP contribution in [0.3, 0.4) is 0 Å². The number of methoxy groups -OCH3 is 1. The van der Waals surface area contributed by atoms with Gasteiger partial charge in [-0.3, -0.25) is 14.4 Å². The second-order valence-electron chi connectivity index (χ2n) is 6.12. The van der Waals surface area contributed by atoms with E-state index in [2.05, 4.69) is 0 Å². The van der Waals surface area contributed by atoms with E-state index in [4.69, 9.17) is 23.7 Å². The summed E-state index contributed by atoms with van der Waals surface area (Å²) in [6, 6.07) is 9.41. The number of esters is 3. The Labute approximate surface area is 167 Å². The van der Waals surface area contributed by atoms with Crippen molar-refractivity contribution in [3.05, 3.63) is 30.3 Å². The molecule has 1 aliphatic rings. The van der Waals surface area contributed by atoms with Gasteiger partial charge in [0.05, 0.1) is 0 Å². The van der Waals surface area contributed by atoms with Gasteiger partial charge in [0, 0.05) is 32.8 Å². The van der Waals surface area contributed by atoms with Crippen molar-refractivity contribution in [3.8, 4) is 0 Å². The summed E-state index contributed by atoms with van der Waals surface area (Å²) in [5.41, 5.74) is -0.663. The minimum Gasteiger partial charge on any atom is -0.463 e. The van der Waals surface area contributed by atoms with Gasteiger partial charge in [0.2, 0.25) is 0 Å². The van der Waals surface area contributed by atoms with Crippen LogP contribution in [0, 0.1) is 0 Å². The zero-order valence-corrected chi connectivity index (χ0v) is 17.0. The average Bonchev–Trinajstić information content (AvgIpc) is 2.62. The highest BCUT2D eigenvalue weighted by atomic mass is 32.2. The lowest BCUT2D eigenvalue weighted by Crippen LogP contribution is -2.60. The van der Waals surface area contributed by atoms with Crippen LogP contribution < -0.4 is 0 Å².